The zero-order chi connectivity index (χ0) is 19.2. The highest BCUT2D eigenvalue weighted by Gasteiger charge is 2.48. The molecule has 0 amide bonds. The van der Waals surface area contributed by atoms with Crippen LogP contribution in [0.4, 0.5) is 13.2 Å². The van der Waals surface area contributed by atoms with Gasteiger partial charge in [0.2, 0.25) is 6.10 Å². The van der Waals surface area contributed by atoms with Crippen molar-refractivity contribution >= 4 is 59.3 Å². The summed E-state index contributed by atoms with van der Waals surface area (Å²) >= 11 is 17.9. The van der Waals surface area contributed by atoms with Gasteiger partial charge in [0.15, 0.2) is 5.15 Å². The zero-order valence-electron chi connectivity index (χ0n) is 12.9. The number of fused-ring (bicyclic) bond motifs is 1. The van der Waals surface area contributed by atoms with Crippen molar-refractivity contribution in [2.24, 2.45) is 0 Å². The van der Waals surface area contributed by atoms with Gasteiger partial charge >= 0.3 is 12.1 Å². The van der Waals surface area contributed by atoms with Gasteiger partial charge in [0.05, 0.1) is 18.4 Å². The summed E-state index contributed by atoms with van der Waals surface area (Å²) in [5.41, 5.74) is -0.390. The molecule has 1 aliphatic heterocycles. The molecule has 0 saturated heterocycles. The van der Waals surface area contributed by atoms with Gasteiger partial charge in [-0.3, -0.25) is 0 Å². The highest BCUT2D eigenvalue weighted by Crippen LogP contribution is 2.39. The van der Waals surface area contributed by atoms with Gasteiger partial charge < -0.3 is 14.4 Å². The van der Waals surface area contributed by atoms with Gasteiger partial charge in [-0.25, -0.2) is 9.78 Å². The number of hydrogen-bond acceptors (Lipinski definition) is 3. The Morgan fingerprint density at radius 1 is 1.30 bits per heavy atom. The summed E-state index contributed by atoms with van der Waals surface area (Å²) in [6.45, 7) is 0.0835. The van der Waals surface area contributed by atoms with E-state index in [0.29, 0.717) is 5.56 Å². The van der Waals surface area contributed by atoms with E-state index < -0.39 is 23.8 Å². The van der Waals surface area contributed by atoms with Crippen molar-refractivity contribution in [3.8, 4) is 5.75 Å². The lowest BCUT2D eigenvalue weighted by atomic mass is 10.00. The quantitative estimate of drug-likeness (QED) is 0.687. The second kappa shape index (κ2) is 7.79. The van der Waals surface area contributed by atoms with Crippen LogP contribution < -0.4 is 4.74 Å². The molecule has 5 nitrogen and oxygen atoms in total. The van der Waals surface area contributed by atoms with E-state index in [9.17, 15) is 18.0 Å². The molecule has 12 heteroatoms. The topological polar surface area (TPSA) is 64.3 Å². The van der Waals surface area contributed by atoms with Gasteiger partial charge in [-0.2, -0.15) is 13.2 Å². The van der Waals surface area contributed by atoms with Crippen molar-refractivity contribution in [1.29, 1.82) is 0 Å². The van der Waals surface area contributed by atoms with Crippen LogP contribution in [0.25, 0.3) is 6.08 Å². The maximum Gasteiger partial charge on any atom is 0.430 e. The Labute approximate surface area is 171 Å². The lowest BCUT2D eigenvalue weighted by molar-refractivity contribution is -0.187. The summed E-state index contributed by atoms with van der Waals surface area (Å²) in [6, 6.07) is 2.63. The molecule has 146 valence electrons. The van der Waals surface area contributed by atoms with E-state index in [0.717, 1.165) is 6.08 Å². The van der Waals surface area contributed by atoms with Crippen LogP contribution in [0.2, 0.25) is 15.3 Å². The first-order valence-electron chi connectivity index (χ1n) is 6.94. The van der Waals surface area contributed by atoms with Crippen molar-refractivity contribution in [3.63, 3.8) is 0 Å². The van der Waals surface area contributed by atoms with Crippen molar-refractivity contribution in [2.75, 3.05) is 0 Å². The Hall–Kier alpha value is -1.61. The zero-order valence-corrected chi connectivity index (χ0v) is 16.0. The molecule has 1 aromatic heterocycles. The highest BCUT2D eigenvalue weighted by molar-refractivity contribution is 6.40. The first-order chi connectivity index (χ1) is 12.1. The SMILES string of the molecule is Cl.O=C(O)C1=Cc2cc(Cl)c(Cn3cnc(Cl)c3Cl)cc2OC1C(F)(F)F. The van der Waals surface area contributed by atoms with E-state index >= 15 is 0 Å². The van der Waals surface area contributed by atoms with Crippen molar-refractivity contribution in [2.45, 2.75) is 18.8 Å². The third-order valence-corrected chi connectivity index (χ3v) is 4.76. The number of nitrogens with zero attached hydrogens (tertiary/aromatic N) is 2. The molecular formula is C15H9Cl4F3N2O3. The fourth-order valence-electron chi connectivity index (χ4n) is 2.43. The molecule has 27 heavy (non-hydrogen) atoms. The molecule has 1 atom stereocenters. The number of carboxylic acid groups (broad SMARTS) is 1. The van der Waals surface area contributed by atoms with Gasteiger partial charge in [-0.1, -0.05) is 34.8 Å². The van der Waals surface area contributed by atoms with Crippen LogP contribution in [0.3, 0.4) is 0 Å². The highest BCUT2D eigenvalue weighted by atomic mass is 35.5. The van der Waals surface area contributed by atoms with Crippen LogP contribution in [0, 0.1) is 0 Å². The van der Waals surface area contributed by atoms with Crippen molar-refractivity contribution in [1.82, 2.24) is 9.55 Å². The summed E-state index contributed by atoms with van der Waals surface area (Å²) in [6.07, 6.45) is -5.21. The lowest BCUT2D eigenvalue weighted by Crippen LogP contribution is -2.40. The molecule has 1 aromatic carbocycles. The maximum absolute atomic E-state index is 13.1. The fourth-order valence-corrected chi connectivity index (χ4v) is 2.97. The van der Waals surface area contributed by atoms with Gasteiger partial charge in [0.1, 0.15) is 10.9 Å². The van der Waals surface area contributed by atoms with E-state index in [-0.39, 0.29) is 45.6 Å². The molecule has 0 fully saturated rings. The maximum atomic E-state index is 13.1. The molecule has 2 heterocycles. The van der Waals surface area contributed by atoms with E-state index in [1.807, 2.05) is 0 Å². The molecule has 1 unspecified atom stereocenters. The molecule has 0 aliphatic carbocycles. The minimum absolute atomic E-state index is 0. The molecule has 0 spiro atoms. The number of alkyl halides is 3. The van der Waals surface area contributed by atoms with Gasteiger partial charge in [-0.15, -0.1) is 12.4 Å². The van der Waals surface area contributed by atoms with Crippen LogP contribution in [-0.4, -0.2) is 32.9 Å². The van der Waals surface area contributed by atoms with Crippen LogP contribution in [0.5, 0.6) is 5.75 Å². The number of halogens is 7. The molecule has 0 radical (unpaired) electrons. The van der Waals surface area contributed by atoms with Crippen molar-refractivity contribution < 1.29 is 27.8 Å². The normalized spacial score (nSPS) is 16.1. The van der Waals surface area contributed by atoms with Crippen LogP contribution >= 0.6 is 47.2 Å². The first-order valence-corrected chi connectivity index (χ1v) is 8.08. The summed E-state index contributed by atoms with van der Waals surface area (Å²) in [4.78, 5) is 14.9. The van der Waals surface area contributed by atoms with Crippen LogP contribution in [-0.2, 0) is 11.3 Å². The number of benzene rings is 1. The minimum atomic E-state index is -4.89. The number of carbonyl (C=O) groups is 1. The molecular weight excluding hydrogens is 455 g/mol. The molecule has 0 bridgehead atoms. The monoisotopic (exact) mass is 462 g/mol. The van der Waals surface area contributed by atoms with Gasteiger partial charge in [0, 0.05) is 10.6 Å². The van der Waals surface area contributed by atoms with E-state index in [2.05, 4.69) is 4.98 Å². The smallest absolute Gasteiger partial charge is 0.430 e. The number of imidazole rings is 1. The second-order valence-electron chi connectivity index (χ2n) is 5.38. The number of hydrogen-bond donors (Lipinski definition) is 1. The summed E-state index contributed by atoms with van der Waals surface area (Å²) in [5, 5.41) is 9.44. The predicted octanol–water partition coefficient (Wildman–Crippen LogP) is 5.10. The Kier molecular flexibility index (Phi) is 6.26. The Bertz CT molecular complexity index is 928. The third kappa shape index (κ3) is 4.29. The number of aliphatic carboxylic acids is 1. The standard InChI is InChI=1S/C15H8Cl3F3N2O3.ClH/c16-9-2-6-1-8(14(24)25)11(15(19,20)21)26-10(6)3-7(9)4-23-5-22-12(17)13(23)18;/h1-3,5,11H,4H2,(H,24,25);1H. The van der Waals surface area contributed by atoms with E-state index in [1.165, 1.54) is 23.0 Å². The number of aromatic nitrogens is 2. The summed E-state index contributed by atoms with van der Waals surface area (Å²) in [7, 11) is 0. The summed E-state index contributed by atoms with van der Waals surface area (Å²) < 4.78 is 45.8. The third-order valence-electron chi connectivity index (χ3n) is 3.63. The second-order valence-corrected chi connectivity index (χ2v) is 6.50. The van der Waals surface area contributed by atoms with Crippen LogP contribution in [0.15, 0.2) is 24.0 Å². The average Bonchev–Trinajstić information content (AvgIpc) is 2.85. The van der Waals surface area contributed by atoms with Gasteiger partial charge in [-0.05, 0) is 23.8 Å². The molecule has 2 aromatic rings. The Morgan fingerprint density at radius 3 is 2.48 bits per heavy atom. The fraction of sp³-hybridized carbons (Fsp3) is 0.200. The van der Waals surface area contributed by atoms with E-state index in [1.54, 1.807) is 0 Å². The molecule has 1 aliphatic rings. The number of ether oxygens (including phenoxy) is 1. The van der Waals surface area contributed by atoms with E-state index in [4.69, 9.17) is 44.6 Å². The Balaban J connectivity index is 0.00000261. The molecule has 3 rings (SSSR count). The van der Waals surface area contributed by atoms with Gasteiger partial charge in [0.25, 0.3) is 0 Å². The minimum Gasteiger partial charge on any atom is -0.478 e. The largest absolute Gasteiger partial charge is 0.478 e. The van der Waals surface area contributed by atoms with Crippen LogP contribution in [0.1, 0.15) is 11.1 Å². The predicted molar refractivity (Wildman–Crippen MR) is 96.1 cm³/mol. The van der Waals surface area contributed by atoms with Crippen molar-refractivity contribution in [3.05, 3.63) is 50.5 Å². The first kappa shape index (κ1) is 21.7. The lowest BCUT2D eigenvalue weighted by Gasteiger charge is -2.27. The molecule has 0 saturated carbocycles. The Morgan fingerprint density at radius 2 is 1.96 bits per heavy atom. The average molecular weight is 464 g/mol. The molecule has 1 N–H and O–H groups in total. The number of carboxylic acids is 1. The summed E-state index contributed by atoms with van der Waals surface area (Å²) in [5.74, 6) is -1.86. The number of rotatable bonds is 3.